The lowest BCUT2D eigenvalue weighted by Gasteiger charge is -2.24. The van der Waals surface area contributed by atoms with Crippen molar-refractivity contribution in [1.82, 2.24) is 9.24 Å². The number of hydrogen-bond acceptors (Lipinski definition) is 5. The van der Waals surface area contributed by atoms with Gasteiger partial charge < -0.3 is 16.5 Å². The molecular weight excluding hydrogens is 337 g/mol. The summed E-state index contributed by atoms with van der Waals surface area (Å²) >= 11 is 0. The van der Waals surface area contributed by atoms with Gasteiger partial charge in [0.1, 0.15) is 5.82 Å². The van der Waals surface area contributed by atoms with Gasteiger partial charge in [-0.3, -0.25) is 9.36 Å². The summed E-state index contributed by atoms with van der Waals surface area (Å²) in [6, 6.07) is 1.24. The molecule has 8 heteroatoms. The van der Waals surface area contributed by atoms with E-state index in [1.165, 1.54) is 6.07 Å². The number of anilines is 1. The van der Waals surface area contributed by atoms with Gasteiger partial charge in [-0.15, -0.1) is 0 Å². The molecule has 1 aliphatic heterocycles. The quantitative estimate of drug-likeness (QED) is 0.784. The Bertz CT molecular complexity index is 1010. The Morgan fingerprint density at radius 3 is 2.54 bits per heavy atom. The maximum Gasteiger partial charge on any atom is 0.350 e. The Balaban J connectivity index is 2.00. The third-order valence-corrected chi connectivity index (χ3v) is 5.86. The van der Waals surface area contributed by atoms with Crippen molar-refractivity contribution in [2.45, 2.75) is 32.7 Å². The van der Waals surface area contributed by atoms with Gasteiger partial charge in [0.2, 0.25) is 0 Å². The lowest BCUT2D eigenvalue weighted by molar-refractivity contribution is 0.463. The van der Waals surface area contributed by atoms with E-state index in [1.54, 1.807) is 11.5 Å². The van der Waals surface area contributed by atoms with Crippen LogP contribution in [0.4, 0.5) is 10.1 Å². The number of halogens is 1. The molecule has 26 heavy (non-hydrogen) atoms. The lowest BCUT2D eigenvalue weighted by Crippen LogP contribution is -2.44. The Kier molecular flexibility index (Phi) is 3.83. The maximum atomic E-state index is 15.0. The first kappa shape index (κ1) is 17.1. The minimum Gasteiger partial charge on any atom is -0.368 e. The van der Waals surface area contributed by atoms with Gasteiger partial charge in [-0.05, 0) is 44.2 Å². The molecule has 0 spiro atoms. The smallest absolute Gasteiger partial charge is 0.350 e. The molecule has 0 unspecified atom stereocenters. The molecule has 2 aromatic rings. The number of hydrogen-bond donors (Lipinski definition) is 2. The monoisotopic (exact) mass is 361 g/mol. The highest BCUT2D eigenvalue weighted by Crippen LogP contribution is 2.39. The summed E-state index contributed by atoms with van der Waals surface area (Å²) in [6.45, 7) is 5.81. The van der Waals surface area contributed by atoms with Crippen LogP contribution in [0.1, 0.15) is 31.4 Å². The largest absolute Gasteiger partial charge is 0.368 e. The van der Waals surface area contributed by atoms with Crippen LogP contribution in [0.5, 0.6) is 0 Å². The van der Waals surface area contributed by atoms with E-state index < -0.39 is 17.1 Å². The van der Waals surface area contributed by atoms with Crippen molar-refractivity contribution in [3.63, 3.8) is 0 Å². The van der Waals surface area contributed by atoms with Crippen molar-refractivity contribution < 1.29 is 4.39 Å². The van der Waals surface area contributed by atoms with Crippen LogP contribution in [0.25, 0.3) is 10.9 Å². The first-order valence-corrected chi connectivity index (χ1v) is 9.05. The lowest BCUT2D eigenvalue weighted by atomic mass is 9.99. The van der Waals surface area contributed by atoms with Crippen LogP contribution >= 0.6 is 0 Å². The van der Waals surface area contributed by atoms with E-state index in [4.69, 9.17) is 11.6 Å². The van der Waals surface area contributed by atoms with E-state index in [1.807, 2.05) is 4.90 Å². The zero-order chi connectivity index (χ0) is 18.7. The first-order valence-electron chi connectivity index (χ1n) is 9.05. The van der Waals surface area contributed by atoms with Gasteiger partial charge in [0.25, 0.3) is 5.56 Å². The van der Waals surface area contributed by atoms with Crippen molar-refractivity contribution in [1.29, 1.82) is 0 Å². The number of aromatic nitrogens is 2. The molecule has 2 fully saturated rings. The summed E-state index contributed by atoms with van der Waals surface area (Å²) in [5, 5.41) is 0.153. The molecule has 1 saturated carbocycles. The van der Waals surface area contributed by atoms with E-state index in [-0.39, 0.29) is 11.4 Å². The molecule has 4 rings (SSSR count). The second-order valence-electron chi connectivity index (χ2n) is 7.67. The van der Waals surface area contributed by atoms with Crippen LogP contribution in [-0.4, -0.2) is 28.9 Å². The highest BCUT2D eigenvalue weighted by molar-refractivity contribution is 5.87. The summed E-state index contributed by atoms with van der Waals surface area (Å²) in [4.78, 5) is 27.0. The van der Waals surface area contributed by atoms with Crippen molar-refractivity contribution in [3.05, 3.63) is 38.3 Å². The van der Waals surface area contributed by atoms with E-state index in [9.17, 15) is 9.59 Å². The molecule has 4 N–H and O–H groups in total. The molecule has 0 amide bonds. The van der Waals surface area contributed by atoms with Crippen LogP contribution in [0.3, 0.4) is 0 Å². The molecule has 1 aromatic carbocycles. The highest BCUT2D eigenvalue weighted by atomic mass is 19.1. The van der Waals surface area contributed by atoms with Crippen LogP contribution in [0, 0.1) is 24.6 Å². The fourth-order valence-electron chi connectivity index (χ4n) is 4.24. The van der Waals surface area contributed by atoms with E-state index in [0.29, 0.717) is 52.9 Å². The second kappa shape index (κ2) is 5.84. The van der Waals surface area contributed by atoms with Crippen molar-refractivity contribution >= 4 is 16.6 Å². The Labute approximate surface area is 150 Å². The Morgan fingerprint density at radius 1 is 1.27 bits per heavy atom. The maximum absolute atomic E-state index is 15.0. The second-order valence-corrected chi connectivity index (χ2v) is 7.67. The van der Waals surface area contributed by atoms with Gasteiger partial charge in [-0.2, -0.15) is 4.68 Å². The van der Waals surface area contributed by atoms with Crippen molar-refractivity contribution in [3.8, 4) is 0 Å². The number of aryl methyl sites for hydroxylation is 1. The molecule has 0 radical (unpaired) electrons. The summed E-state index contributed by atoms with van der Waals surface area (Å²) in [5.41, 5.74) is 6.22. The molecule has 7 nitrogen and oxygen atoms in total. The molecule has 2 aliphatic rings. The topological polar surface area (TPSA) is 99.3 Å². The van der Waals surface area contributed by atoms with Gasteiger partial charge in [-0.25, -0.2) is 9.18 Å². The number of fused-ring (bicyclic) bond motifs is 1. The third-order valence-electron chi connectivity index (χ3n) is 5.86. The summed E-state index contributed by atoms with van der Waals surface area (Å²) in [5.74, 6) is 5.85. The van der Waals surface area contributed by atoms with Gasteiger partial charge in [0.15, 0.2) is 0 Å². The first-order chi connectivity index (χ1) is 12.3. The van der Waals surface area contributed by atoms with E-state index in [2.05, 4.69) is 6.92 Å². The number of benzene rings is 1. The number of nitrogens with two attached hydrogens (primary N) is 2. The molecule has 1 aliphatic carbocycles. The van der Waals surface area contributed by atoms with E-state index in [0.717, 1.165) is 12.8 Å². The average Bonchev–Trinajstić information content (AvgIpc) is 3.37. The normalized spacial score (nSPS) is 23.2. The Morgan fingerprint density at radius 2 is 1.96 bits per heavy atom. The summed E-state index contributed by atoms with van der Waals surface area (Å²) < 4.78 is 17.2. The predicted octanol–water partition coefficient (Wildman–Crippen LogP) is 0.690. The SMILES string of the molecule is Cc1c(N2C[C@@H](CN)[C@H](C)C2)c(F)cc2c(=O)n(N)c(=O)n(C3CC3)c12. The van der Waals surface area contributed by atoms with Gasteiger partial charge in [0.05, 0.1) is 16.6 Å². The number of nitrogen functional groups attached to an aromatic ring is 1. The standard InChI is InChI=1S/C18H24FN5O2/c1-9-7-22(8-11(9)6-20)16-10(2)15-13(5-14(16)19)17(25)24(21)18(26)23(15)12-3-4-12/h5,9,11-12H,3-4,6-8,20-21H2,1-2H3/t9-,11-/m1/s1. The van der Waals surface area contributed by atoms with Crippen LogP contribution in [-0.2, 0) is 0 Å². The molecule has 2 heterocycles. The zero-order valence-corrected chi connectivity index (χ0v) is 15.0. The average molecular weight is 361 g/mol. The molecule has 1 saturated heterocycles. The van der Waals surface area contributed by atoms with Gasteiger partial charge in [-0.1, -0.05) is 6.92 Å². The van der Waals surface area contributed by atoms with Crippen LogP contribution in [0.15, 0.2) is 15.7 Å². The van der Waals surface area contributed by atoms with Gasteiger partial charge >= 0.3 is 5.69 Å². The molecule has 140 valence electrons. The molecule has 2 atom stereocenters. The fourth-order valence-corrected chi connectivity index (χ4v) is 4.24. The van der Waals surface area contributed by atoms with Crippen LogP contribution < -0.4 is 27.7 Å². The Hall–Kier alpha value is -2.35. The van der Waals surface area contributed by atoms with Gasteiger partial charge in [0, 0.05) is 24.7 Å². The number of nitrogens with zero attached hydrogens (tertiary/aromatic N) is 3. The highest BCUT2D eigenvalue weighted by Gasteiger charge is 2.34. The molecule has 1 aromatic heterocycles. The fraction of sp³-hybridized carbons (Fsp3) is 0.556. The third kappa shape index (κ3) is 2.35. The summed E-state index contributed by atoms with van der Waals surface area (Å²) in [6.07, 6.45) is 1.71. The minimum absolute atomic E-state index is 0.0201. The predicted molar refractivity (Wildman–Crippen MR) is 99.5 cm³/mol. The number of rotatable bonds is 3. The van der Waals surface area contributed by atoms with Crippen molar-refractivity contribution in [2.75, 3.05) is 30.4 Å². The molecular formula is C18H24FN5O2. The minimum atomic E-state index is -0.662. The van der Waals surface area contributed by atoms with Crippen LogP contribution in [0.2, 0.25) is 0 Å². The molecule has 0 bridgehead atoms. The van der Waals surface area contributed by atoms with E-state index >= 15 is 4.39 Å². The summed E-state index contributed by atoms with van der Waals surface area (Å²) in [7, 11) is 0. The zero-order valence-electron chi connectivity index (χ0n) is 15.0. The van der Waals surface area contributed by atoms with Crippen molar-refractivity contribution in [2.24, 2.45) is 17.6 Å².